The molecule has 1 aromatic heterocycles. The quantitative estimate of drug-likeness (QED) is 0.673. The van der Waals surface area contributed by atoms with Gasteiger partial charge in [-0.25, -0.2) is 0 Å². The highest BCUT2D eigenvalue weighted by atomic mass is 16.3. The van der Waals surface area contributed by atoms with Gasteiger partial charge in [0.2, 0.25) is 0 Å². The first-order chi connectivity index (χ1) is 5.33. The Morgan fingerprint density at radius 1 is 1.64 bits per heavy atom. The molecule has 0 aromatic carbocycles. The Morgan fingerprint density at radius 2 is 2.45 bits per heavy atom. The van der Waals surface area contributed by atoms with Crippen molar-refractivity contribution in [2.45, 2.75) is 6.92 Å². The van der Waals surface area contributed by atoms with Crippen molar-refractivity contribution in [3.63, 3.8) is 0 Å². The number of nitrogens with zero attached hydrogens (tertiary/aromatic N) is 1. The minimum atomic E-state index is 0.154. The zero-order chi connectivity index (χ0) is 8.10. The summed E-state index contributed by atoms with van der Waals surface area (Å²) in [5.74, 6) is 0. The van der Waals surface area contributed by atoms with Crippen molar-refractivity contribution < 1.29 is 5.11 Å². The number of pyridine rings is 1. The maximum atomic E-state index is 8.52. The fourth-order valence-electron chi connectivity index (χ4n) is 0.856. The Morgan fingerprint density at radius 3 is 3.09 bits per heavy atom. The van der Waals surface area contributed by atoms with Gasteiger partial charge in [-0.2, -0.15) is 0 Å². The average Bonchev–Trinajstić information content (AvgIpc) is 2.01. The normalized spacial score (nSPS) is 9.64. The minimum Gasteiger partial charge on any atom is -0.395 e. The van der Waals surface area contributed by atoms with E-state index in [0.29, 0.717) is 6.54 Å². The van der Waals surface area contributed by atoms with Crippen LogP contribution in [0.1, 0.15) is 5.69 Å². The minimum absolute atomic E-state index is 0.154. The van der Waals surface area contributed by atoms with Crippen molar-refractivity contribution >= 4 is 5.69 Å². The molecular weight excluding hydrogens is 140 g/mol. The van der Waals surface area contributed by atoms with Crippen molar-refractivity contribution in [1.82, 2.24) is 4.98 Å². The van der Waals surface area contributed by atoms with Crippen LogP contribution >= 0.6 is 0 Å². The Balaban J connectivity index is 2.56. The molecule has 0 amide bonds. The Labute approximate surface area is 66.1 Å². The van der Waals surface area contributed by atoms with Crippen molar-refractivity contribution in [2.75, 3.05) is 18.5 Å². The standard InChI is InChI=1S/C8H12N2O/c1-7-6-8(2-3-9-7)10-4-5-11/h2-3,6,11H,4-5H2,1H3,(H,9,10). The van der Waals surface area contributed by atoms with Crippen LogP contribution in [0.15, 0.2) is 18.3 Å². The smallest absolute Gasteiger partial charge is 0.0604 e. The SMILES string of the molecule is Cc1cc(NCCO)ccn1. The lowest BCUT2D eigenvalue weighted by atomic mass is 10.3. The molecule has 60 valence electrons. The van der Waals surface area contributed by atoms with E-state index < -0.39 is 0 Å². The lowest BCUT2D eigenvalue weighted by molar-refractivity contribution is 0.311. The lowest BCUT2D eigenvalue weighted by Gasteiger charge is -2.03. The van der Waals surface area contributed by atoms with Crippen LogP contribution in [0.25, 0.3) is 0 Å². The first-order valence-corrected chi connectivity index (χ1v) is 3.60. The molecule has 0 spiro atoms. The monoisotopic (exact) mass is 152 g/mol. The number of aryl methyl sites for hydroxylation is 1. The second kappa shape index (κ2) is 3.93. The number of hydrogen-bond donors (Lipinski definition) is 2. The molecule has 0 radical (unpaired) electrons. The van der Waals surface area contributed by atoms with E-state index in [4.69, 9.17) is 5.11 Å². The zero-order valence-electron chi connectivity index (χ0n) is 6.54. The van der Waals surface area contributed by atoms with Crippen LogP contribution in [0.4, 0.5) is 5.69 Å². The first-order valence-electron chi connectivity index (χ1n) is 3.60. The molecule has 0 saturated carbocycles. The Kier molecular flexibility index (Phi) is 2.86. The van der Waals surface area contributed by atoms with Crippen LogP contribution < -0.4 is 5.32 Å². The summed E-state index contributed by atoms with van der Waals surface area (Å²) in [4.78, 5) is 4.05. The second-order valence-electron chi connectivity index (χ2n) is 2.34. The topological polar surface area (TPSA) is 45.1 Å². The molecule has 1 heterocycles. The summed E-state index contributed by atoms with van der Waals surface area (Å²) in [6.07, 6.45) is 1.75. The van der Waals surface area contributed by atoms with E-state index in [1.807, 2.05) is 19.1 Å². The van der Waals surface area contributed by atoms with Gasteiger partial charge in [0.05, 0.1) is 6.61 Å². The molecule has 3 heteroatoms. The molecule has 0 bridgehead atoms. The number of aliphatic hydroxyl groups excluding tert-OH is 1. The number of hydrogen-bond acceptors (Lipinski definition) is 3. The van der Waals surface area contributed by atoms with Crippen LogP contribution in [-0.4, -0.2) is 23.2 Å². The van der Waals surface area contributed by atoms with Crippen molar-refractivity contribution in [3.8, 4) is 0 Å². The maximum absolute atomic E-state index is 8.52. The van der Waals surface area contributed by atoms with Crippen LogP contribution in [0.3, 0.4) is 0 Å². The third kappa shape index (κ3) is 2.55. The highest BCUT2D eigenvalue weighted by molar-refractivity contribution is 5.42. The first kappa shape index (κ1) is 8.01. The number of aliphatic hydroxyl groups is 1. The zero-order valence-corrected chi connectivity index (χ0v) is 6.54. The lowest BCUT2D eigenvalue weighted by Crippen LogP contribution is -2.05. The van der Waals surface area contributed by atoms with Gasteiger partial charge in [-0.15, -0.1) is 0 Å². The Bertz CT molecular complexity index is 225. The van der Waals surface area contributed by atoms with E-state index >= 15 is 0 Å². The molecule has 1 aromatic rings. The fourth-order valence-corrected chi connectivity index (χ4v) is 0.856. The molecule has 0 atom stereocenters. The summed E-state index contributed by atoms with van der Waals surface area (Å²) in [6.45, 7) is 2.68. The molecule has 0 aliphatic heterocycles. The molecule has 1 rings (SSSR count). The highest BCUT2D eigenvalue weighted by Gasteiger charge is 1.90. The van der Waals surface area contributed by atoms with Crippen LogP contribution in [0, 0.1) is 6.92 Å². The van der Waals surface area contributed by atoms with Crippen LogP contribution in [0.2, 0.25) is 0 Å². The van der Waals surface area contributed by atoms with E-state index in [1.54, 1.807) is 6.20 Å². The third-order valence-corrected chi connectivity index (χ3v) is 1.34. The third-order valence-electron chi connectivity index (χ3n) is 1.34. The van der Waals surface area contributed by atoms with Crippen LogP contribution in [0.5, 0.6) is 0 Å². The van der Waals surface area contributed by atoms with Gasteiger partial charge in [0.1, 0.15) is 0 Å². The average molecular weight is 152 g/mol. The molecule has 3 nitrogen and oxygen atoms in total. The van der Waals surface area contributed by atoms with Gasteiger partial charge >= 0.3 is 0 Å². The molecule has 0 aliphatic rings. The van der Waals surface area contributed by atoms with Gasteiger partial charge in [0.15, 0.2) is 0 Å². The number of rotatable bonds is 3. The van der Waals surface area contributed by atoms with E-state index in [-0.39, 0.29) is 6.61 Å². The highest BCUT2D eigenvalue weighted by Crippen LogP contribution is 2.05. The van der Waals surface area contributed by atoms with Gasteiger partial charge in [-0.3, -0.25) is 4.98 Å². The maximum Gasteiger partial charge on any atom is 0.0604 e. The van der Waals surface area contributed by atoms with E-state index in [2.05, 4.69) is 10.3 Å². The van der Waals surface area contributed by atoms with Crippen LogP contribution in [-0.2, 0) is 0 Å². The second-order valence-corrected chi connectivity index (χ2v) is 2.34. The summed E-state index contributed by atoms with van der Waals surface area (Å²) in [5.41, 5.74) is 1.99. The number of nitrogens with one attached hydrogen (secondary N) is 1. The molecule has 2 N–H and O–H groups in total. The van der Waals surface area contributed by atoms with Gasteiger partial charge < -0.3 is 10.4 Å². The summed E-state index contributed by atoms with van der Waals surface area (Å²) < 4.78 is 0. The van der Waals surface area contributed by atoms with E-state index in [1.165, 1.54) is 0 Å². The van der Waals surface area contributed by atoms with E-state index in [0.717, 1.165) is 11.4 Å². The molecule has 0 fully saturated rings. The summed E-state index contributed by atoms with van der Waals surface area (Å²) in [6, 6.07) is 3.82. The number of anilines is 1. The summed E-state index contributed by atoms with van der Waals surface area (Å²) in [7, 11) is 0. The van der Waals surface area contributed by atoms with Crippen molar-refractivity contribution in [2.24, 2.45) is 0 Å². The van der Waals surface area contributed by atoms with Crippen molar-refractivity contribution in [1.29, 1.82) is 0 Å². The molecular formula is C8H12N2O. The Hall–Kier alpha value is -1.09. The predicted molar refractivity (Wildman–Crippen MR) is 44.5 cm³/mol. The van der Waals surface area contributed by atoms with Gasteiger partial charge in [-0.05, 0) is 19.1 Å². The number of aromatic nitrogens is 1. The largest absolute Gasteiger partial charge is 0.395 e. The summed E-state index contributed by atoms with van der Waals surface area (Å²) >= 11 is 0. The fraction of sp³-hybridized carbons (Fsp3) is 0.375. The molecule has 0 unspecified atom stereocenters. The molecule has 0 saturated heterocycles. The molecule has 0 aliphatic carbocycles. The molecule has 11 heavy (non-hydrogen) atoms. The summed E-state index contributed by atoms with van der Waals surface area (Å²) in [5, 5.41) is 11.6. The van der Waals surface area contributed by atoms with Gasteiger partial charge in [0, 0.05) is 24.1 Å². The van der Waals surface area contributed by atoms with Gasteiger partial charge in [0.25, 0.3) is 0 Å². The predicted octanol–water partition coefficient (Wildman–Crippen LogP) is 0.794. The van der Waals surface area contributed by atoms with Crippen molar-refractivity contribution in [3.05, 3.63) is 24.0 Å². The van der Waals surface area contributed by atoms with Gasteiger partial charge in [-0.1, -0.05) is 0 Å². The van der Waals surface area contributed by atoms with E-state index in [9.17, 15) is 0 Å².